The Hall–Kier alpha value is -1.20. The second kappa shape index (κ2) is 4.82. The van der Waals surface area contributed by atoms with Crippen LogP contribution in [-0.4, -0.2) is 36.1 Å². The largest absolute Gasteiger partial charge is 0.368 e. The molecule has 94 valence electrons. The number of hydrogen-bond acceptors (Lipinski definition) is 4. The normalized spacial score (nSPS) is 19.3. The molecule has 0 radical (unpaired) electrons. The molecule has 4 nitrogen and oxygen atoms in total. The molecule has 1 N–H and O–H groups in total. The minimum atomic E-state index is 0.543. The van der Waals surface area contributed by atoms with Crippen molar-refractivity contribution in [3.8, 4) is 0 Å². The highest BCUT2D eigenvalue weighted by molar-refractivity contribution is 9.10. The van der Waals surface area contributed by atoms with Gasteiger partial charge in [0, 0.05) is 36.5 Å². The number of halogens is 1. The van der Waals surface area contributed by atoms with Crippen LogP contribution in [0.1, 0.15) is 6.42 Å². The number of aromatic nitrogens is 2. The summed E-state index contributed by atoms with van der Waals surface area (Å²) in [4.78, 5) is 11.2. The van der Waals surface area contributed by atoms with E-state index in [1.807, 2.05) is 24.5 Å². The highest BCUT2D eigenvalue weighted by atomic mass is 79.9. The molecule has 1 aliphatic rings. The van der Waals surface area contributed by atoms with E-state index in [2.05, 4.69) is 43.2 Å². The Morgan fingerprint density at radius 2 is 2.33 bits per heavy atom. The number of hydrogen-bond donors (Lipinski definition) is 1. The van der Waals surface area contributed by atoms with E-state index in [-0.39, 0.29) is 0 Å². The number of likely N-dealkylation sites (N-methyl/N-ethyl adjacent to an activating group) is 1. The van der Waals surface area contributed by atoms with E-state index >= 15 is 0 Å². The van der Waals surface area contributed by atoms with Crippen molar-refractivity contribution < 1.29 is 0 Å². The van der Waals surface area contributed by atoms with Crippen molar-refractivity contribution in [3.63, 3.8) is 0 Å². The summed E-state index contributed by atoms with van der Waals surface area (Å²) in [5, 5.41) is 3.39. The zero-order valence-corrected chi connectivity index (χ0v) is 11.8. The predicted octanol–water partition coefficient (Wildman–Crippen LogP) is 2.19. The van der Waals surface area contributed by atoms with Gasteiger partial charge in [-0.15, -0.1) is 0 Å². The first-order valence-corrected chi connectivity index (χ1v) is 6.89. The Kier molecular flexibility index (Phi) is 3.18. The topological polar surface area (TPSA) is 41.1 Å². The molecule has 0 bridgehead atoms. The molecule has 3 rings (SSSR count). The van der Waals surface area contributed by atoms with Crippen molar-refractivity contribution in [1.82, 2.24) is 15.3 Å². The van der Waals surface area contributed by atoms with Crippen LogP contribution < -0.4 is 10.2 Å². The standard InChI is InChI=1S/C13H15BrN4/c1-18(10-2-4-15-8-10)12-3-5-16-11-6-9(14)7-17-13(11)12/h3,5-7,10,15H,2,4,8H2,1H3. The minimum Gasteiger partial charge on any atom is -0.368 e. The maximum atomic E-state index is 4.50. The van der Waals surface area contributed by atoms with Gasteiger partial charge in [-0.1, -0.05) is 0 Å². The lowest BCUT2D eigenvalue weighted by Gasteiger charge is -2.26. The molecule has 0 aliphatic carbocycles. The summed E-state index contributed by atoms with van der Waals surface area (Å²) in [5.74, 6) is 0. The van der Waals surface area contributed by atoms with E-state index < -0.39 is 0 Å². The number of anilines is 1. The van der Waals surface area contributed by atoms with Crippen molar-refractivity contribution in [3.05, 3.63) is 29.0 Å². The molecule has 1 unspecified atom stereocenters. The fourth-order valence-corrected chi connectivity index (χ4v) is 2.76. The number of fused-ring (bicyclic) bond motifs is 1. The van der Waals surface area contributed by atoms with E-state index in [0.29, 0.717) is 6.04 Å². The van der Waals surface area contributed by atoms with Crippen LogP contribution in [0, 0.1) is 0 Å². The summed E-state index contributed by atoms with van der Waals surface area (Å²) in [6, 6.07) is 4.59. The molecule has 2 aromatic rings. The van der Waals surface area contributed by atoms with E-state index in [9.17, 15) is 0 Å². The van der Waals surface area contributed by atoms with Gasteiger partial charge < -0.3 is 10.2 Å². The lowest BCUT2D eigenvalue weighted by molar-refractivity contribution is 0.687. The zero-order valence-electron chi connectivity index (χ0n) is 10.2. The smallest absolute Gasteiger partial charge is 0.112 e. The second-order valence-electron chi connectivity index (χ2n) is 4.61. The van der Waals surface area contributed by atoms with Crippen molar-refractivity contribution in [2.24, 2.45) is 0 Å². The molecule has 1 aliphatic heterocycles. The van der Waals surface area contributed by atoms with Gasteiger partial charge in [0.25, 0.3) is 0 Å². The number of pyridine rings is 2. The van der Waals surface area contributed by atoms with Gasteiger partial charge in [0.15, 0.2) is 0 Å². The molecule has 18 heavy (non-hydrogen) atoms. The zero-order chi connectivity index (χ0) is 12.5. The highest BCUT2D eigenvalue weighted by Gasteiger charge is 2.21. The van der Waals surface area contributed by atoms with Gasteiger partial charge in [0.05, 0.1) is 11.2 Å². The average molecular weight is 307 g/mol. The lowest BCUT2D eigenvalue weighted by atomic mass is 10.2. The molecule has 0 spiro atoms. The molecule has 1 atom stereocenters. The van der Waals surface area contributed by atoms with Gasteiger partial charge >= 0.3 is 0 Å². The van der Waals surface area contributed by atoms with Crippen LogP contribution in [0.3, 0.4) is 0 Å². The summed E-state index contributed by atoms with van der Waals surface area (Å²) < 4.78 is 0.963. The van der Waals surface area contributed by atoms with Crippen LogP contribution in [0.25, 0.3) is 11.0 Å². The van der Waals surface area contributed by atoms with Crippen LogP contribution in [0.2, 0.25) is 0 Å². The van der Waals surface area contributed by atoms with E-state index in [4.69, 9.17) is 0 Å². The highest BCUT2D eigenvalue weighted by Crippen LogP contribution is 2.26. The molecule has 0 aromatic carbocycles. The fourth-order valence-electron chi connectivity index (χ4n) is 2.44. The molecule has 0 saturated carbocycles. The maximum absolute atomic E-state index is 4.50. The van der Waals surface area contributed by atoms with Crippen LogP contribution in [-0.2, 0) is 0 Å². The number of nitrogens with zero attached hydrogens (tertiary/aromatic N) is 3. The Morgan fingerprint density at radius 1 is 1.44 bits per heavy atom. The molecule has 0 amide bonds. The third-order valence-electron chi connectivity index (χ3n) is 3.48. The van der Waals surface area contributed by atoms with Crippen LogP contribution in [0.5, 0.6) is 0 Å². The van der Waals surface area contributed by atoms with Gasteiger partial charge in [-0.05, 0) is 41.0 Å². The van der Waals surface area contributed by atoms with Gasteiger partial charge in [-0.2, -0.15) is 0 Å². The van der Waals surface area contributed by atoms with E-state index in [1.54, 1.807) is 0 Å². The lowest BCUT2D eigenvalue weighted by Crippen LogP contribution is -2.33. The third-order valence-corrected chi connectivity index (χ3v) is 3.92. The average Bonchev–Trinajstić information content (AvgIpc) is 2.90. The number of nitrogens with one attached hydrogen (secondary N) is 1. The maximum Gasteiger partial charge on any atom is 0.112 e. The van der Waals surface area contributed by atoms with Crippen molar-refractivity contribution in [2.45, 2.75) is 12.5 Å². The summed E-state index contributed by atoms with van der Waals surface area (Å²) in [6.07, 6.45) is 4.86. The Morgan fingerprint density at radius 3 is 3.11 bits per heavy atom. The molecular formula is C13H15BrN4. The molecule has 2 aromatic heterocycles. The molecule has 1 fully saturated rings. The van der Waals surface area contributed by atoms with E-state index in [0.717, 1.165) is 34.3 Å². The SMILES string of the molecule is CN(c1ccnc2cc(Br)cnc12)C1CCNC1. The van der Waals surface area contributed by atoms with Gasteiger partial charge in [-0.3, -0.25) is 9.97 Å². The summed E-state index contributed by atoms with van der Waals surface area (Å²) in [6.45, 7) is 2.13. The van der Waals surface area contributed by atoms with Crippen molar-refractivity contribution in [2.75, 3.05) is 25.0 Å². The first kappa shape index (κ1) is 11.9. The number of rotatable bonds is 2. The monoisotopic (exact) mass is 306 g/mol. The van der Waals surface area contributed by atoms with Crippen LogP contribution in [0.4, 0.5) is 5.69 Å². The minimum absolute atomic E-state index is 0.543. The summed E-state index contributed by atoms with van der Waals surface area (Å²) >= 11 is 3.43. The first-order chi connectivity index (χ1) is 8.75. The van der Waals surface area contributed by atoms with Gasteiger partial charge in [0.1, 0.15) is 5.52 Å². The third kappa shape index (κ3) is 2.08. The molecule has 1 saturated heterocycles. The molecular weight excluding hydrogens is 292 g/mol. The van der Waals surface area contributed by atoms with Crippen LogP contribution in [0.15, 0.2) is 29.0 Å². The Labute approximate surface area is 115 Å². The quantitative estimate of drug-likeness (QED) is 0.923. The van der Waals surface area contributed by atoms with E-state index in [1.165, 1.54) is 6.42 Å². The van der Waals surface area contributed by atoms with Crippen molar-refractivity contribution in [1.29, 1.82) is 0 Å². The Balaban J connectivity index is 2.05. The molecule has 5 heteroatoms. The fraction of sp³-hybridized carbons (Fsp3) is 0.385. The second-order valence-corrected chi connectivity index (χ2v) is 5.52. The summed E-state index contributed by atoms with van der Waals surface area (Å²) in [5.41, 5.74) is 3.05. The van der Waals surface area contributed by atoms with Crippen LogP contribution >= 0.6 is 15.9 Å². The van der Waals surface area contributed by atoms with Crippen molar-refractivity contribution >= 4 is 32.7 Å². The first-order valence-electron chi connectivity index (χ1n) is 6.09. The Bertz CT molecular complexity index is 566. The summed E-state index contributed by atoms with van der Waals surface area (Å²) in [7, 11) is 2.14. The molecule has 3 heterocycles. The van der Waals surface area contributed by atoms with Gasteiger partial charge in [-0.25, -0.2) is 0 Å². The predicted molar refractivity (Wildman–Crippen MR) is 76.9 cm³/mol. The van der Waals surface area contributed by atoms with Gasteiger partial charge in [0.2, 0.25) is 0 Å².